The number of hydrogen-bond donors (Lipinski definition) is 2. The highest BCUT2D eigenvalue weighted by atomic mass is 79.9. The third-order valence-electron chi connectivity index (χ3n) is 3.53. The molecule has 8 heteroatoms. The number of ether oxygens (including phenoxy) is 1. The number of nitrogens with one attached hydrogen (secondary N) is 2. The molecule has 0 aliphatic carbocycles. The van der Waals surface area contributed by atoms with E-state index in [2.05, 4.69) is 26.6 Å². The summed E-state index contributed by atoms with van der Waals surface area (Å²) in [6.45, 7) is 1.61. The summed E-state index contributed by atoms with van der Waals surface area (Å²) in [5, 5.41) is 5.37. The van der Waals surface area contributed by atoms with Gasteiger partial charge in [-0.25, -0.2) is 0 Å². The van der Waals surface area contributed by atoms with Crippen LogP contribution in [0.5, 0.6) is 0 Å². The molecule has 1 heterocycles. The van der Waals surface area contributed by atoms with Gasteiger partial charge >= 0.3 is 0 Å². The largest absolute Gasteiger partial charge is 0.468 e. The van der Waals surface area contributed by atoms with Crippen molar-refractivity contribution in [3.05, 3.63) is 52.9 Å². The summed E-state index contributed by atoms with van der Waals surface area (Å²) in [4.78, 5) is 26.0. The molecule has 0 atom stereocenters. The van der Waals surface area contributed by atoms with Crippen LogP contribution in [-0.2, 0) is 20.9 Å². The fraction of sp³-hybridized carbons (Fsp3) is 0.333. The van der Waals surface area contributed by atoms with Gasteiger partial charge in [-0.1, -0.05) is 12.1 Å². The third kappa shape index (κ3) is 6.99. The van der Waals surface area contributed by atoms with Crippen molar-refractivity contribution in [1.82, 2.24) is 10.2 Å². The molecule has 0 saturated heterocycles. The van der Waals surface area contributed by atoms with E-state index >= 15 is 0 Å². The fourth-order valence-electron chi connectivity index (χ4n) is 2.25. The van der Waals surface area contributed by atoms with E-state index in [-0.39, 0.29) is 24.9 Å². The van der Waals surface area contributed by atoms with E-state index in [1.54, 1.807) is 25.5 Å². The summed E-state index contributed by atoms with van der Waals surface area (Å²) in [6.07, 6.45) is 1.59. The highest BCUT2D eigenvalue weighted by Crippen LogP contribution is 2.20. The molecule has 2 N–H and O–H groups in total. The molecule has 0 fully saturated rings. The highest BCUT2D eigenvalue weighted by Gasteiger charge is 2.14. The lowest BCUT2D eigenvalue weighted by atomic mass is 10.3. The van der Waals surface area contributed by atoms with Crippen LogP contribution in [0.15, 0.2) is 51.6 Å². The van der Waals surface area contributed by atoms with Crippen molar-refractivity contribution in [3.8, 4) is 0 Å². The van der Waals surface area contributed by atoms with Gasteiger partial charge in [-0.2, -0.15) is 0 Å². The Bertz CT molecular complexity index is 706. The molecule has 0 radical (unpaired) electrons. The molecular formula is C18H22BrN3O4. The second-order valence-electron chi connectivity index (χ2n) is 5.59. The first-order valence-corrected chi connectivity index (χ1v) is 8.92. The van der Waals surface area contributed by atoms with Crippen molar-refractivity contribution >= 4 is 33.4 Å². The zero-order valence-corrected chi connectivity index (χ0v) is 16.1. The molecule has 0 aliphatic heterocycles. The number of nitrogens with zero attached hydrogens (tertiary/aromatic N) is 1. The Morgan fingerprint density at radius 3 is 2.69 bits per heavy atom. The van der Waals surface area contributed by atoms with Gasteiger partial charge in [-0.05, 0) is 40.2 Å². The second kappa shape index (κ2) is 10.7. The van der Waals surface area contributed by atoms with Gasteiger partial charge in [0.1, 0.15) is 5.76 Å². The normalized spacial score (nSPS) is 10.7. The summed E-state index contributed by atoms with van der Waals surface area (Å²) in [6, 6.07) is 10.9. The number of amides is 2. The average Bonchev–Trinajstić information content (AvgIpc) is 3.13. The summed E-state index contributed by atoms with van der Waals surface area (Å²) in [5.41, 5.74) is 0.659. The number of hydrogen-bond acceptors (Lipinski definition) is 5. The molecule has 0 bridgehead atoms. The summed E-state index contributed by atoms with van der Waals surface area (Å²) >= 11 is 3.36. The summed E-state index contributed by atoms with van der Waals surface area (Å²) in [5.74, 6) is 0.232. The maximum absolute atomic E-state index is 12.2. The van der Waals surface area contributed by atoms with Gasteiger partial charge in [-0.15, -0.1) is 0 Å². The lowest BCUT2D eigenvalue weighted by Crippen LogP contribution is -2.41. The number of carbonyl (C=O) groups excluding carboxylic acids is 2. The number of para-hydroxylation sites is 1. The third-order valence-corrected chi connectivity index (χ3v) is 4.22. The molecule has 2 aromatic rings. The van der Waals surface area contributed by atoms with Gasteiger partial charge in [0.15, 0.2) is 0 Å². The molecule has 2 rings (SSSR count). The Hall–Kier alpha value is -2.16. The number of methoxy groups -OCH3 is 1. The number of carbonyl (C=O) groups is 2. The first kappa shape index (κ1) is 20.2. The maximum atomic E-state index is 12.2. The van der Waals surface area contributed by atoms with Crippen LogP contribution in [0.4, 0.5) is 5.69 Å². The predicted molar refractivity (Wildman–Crippen MR) is 102 cm³/mol. The van der Waals surface area contributed by atoms with Crippen LogP contribution in [0.3, 0.4) is 0 Å². The molecule has 0 spiro atoms. The lowest BCUT2D eigenvalue weighted by molar-refractivity contribution is -0.125. The monoisotopic (exact) mass is 423 g/mol. The minimum Gasteiger partial charge on any atom is -0.468 e. The molecule has 26 heavy (non-hydrogen) atoms. The zero-order valence-electron chi connectivity index (χ0n) is 14.5. The van der Waals surface area contributed by atoms with Crippen molar-refractivity contribution in [2.75, 3.05) is 38.7 Å². The number of rotatable bonds is 10. The SMILES string of the molecule is COCCN(CC(=O)NCC(=O)Nc1ccccc1Br)Cc1ccco1. The molecule has 0 unspecified atom stereocenters. The van der Waals surface area contributed by atoms with Crippen molar-refractivity contribution < 1.29 is 18.7 Å². The highest BCUT2D eigenvalue weighted by molar-refractivity contribution is 9.10. The second-order valence-corrected chi connectivity index (χ2v) is 6.44. The standard InChI is InChI=1S/C18H22BrN3O4/c1-25-10-8-22(12-14-5-4-9-26-14)13-18(24)20-11-17(23)21-16-7-3-2-6-15(16)19/h2-7,9H,8,10-13H2,1H3,(H,20,24)(H,21,23). The van der Waals surface area contributed by atoms with Gasteiger partial charge in [-0.3, -0.25) is 14.5 Å². The van der Waals surface area contributed by atoms with Crippen molar-refractivity contribution in [2.24, 2.45) is 0 Å². The first-order chi connectivity index (χ1) is 12.6. The van der Waals surface area contributed by atoms with E-state index in [1.807, 2.05) is 29.2 Å². The van der Waals surface area contributed by atoms with Crippen LogP contribution in [0.2, 0.25) is 0 Å². The topological polar surface area (TPSA) is 83.8 Å². The number of halogens is 1. The first-order valence-electron chi connectivity index (χ1n) is 8.13. The molecular weight excluding hydrogens is 402 g/mol. The van der Waals surface area contributed by atoms with Gasteiger partial charge < -0.3 is 19.8 Å². The molecule has 0 aliphatic rings. The van der Waals surface area contributed by atoms with Crippen molar-refractivity contribution in [3.63, 3.8) is 0 Å². The lowest BCUT2D eigenvalue weighted by Gasteiger charge is -2.20. The van der Waals surface area contributed by atoms with Crippen LogP contribution in [0, 0.1) is 0 Å². The fourth-order valence-corrected chi connectivity index (χ4v) is 2.64. The van der Waals surface area contributed by atoms with Crippen LogP contribution in [0.25, 0.3) is 0 Å². The van der Waals surface area contributed by atoms with Crippen molar-refractivity contribution in [1.29, 1.82) is 0 Å². The molecule has 0 saturated carbocycles. The number of furan rings is 1. The van der Waals surface area contributed by atoms with Crippen LogP contribution >= 0.6 is 15.9 Å². The summed E-state index contributed by atoms with van der Waals surface area (Å²) < 4.78 is 11.2. The van der Waals surface area contributed by atoms with E-state index in [9.17, 15) is 9.59 Å². The van der Waals surface area contributed by atoms with E-state index < -0.39 is 0 Å². The Kier molecular flexibility index (Phi) is 8.33. The predicted octanol–water partition coefficient (Wildman–Crippen LogP) is 2.25. The van der Waals surface area contributed by atoms with Gasteiger partial charge in [0.2, 0.25) is 11.8 Å². The number of anilines is 1. The minimum atomic E-state index is -0.292. The molecule has 2 amide bonds. The zero-order chi connectivity index (χ0) is 18.8. The average molecular weight is 424 g/mol. The Morgan fingerprint density at radius 1 is 1.19 bits per heavy atom. The van der Waals surface area contributed by atoms with Crippen molar-refractivity contribution in [2.45, 2.75) is 6.54 Å². The van der Waals surface area contributed by atoms with Gasteiger partial charge in [0, 0.05) is 18.1 Å². The Balaban J connectivity index is 1.79. The maximum Gasteiger partial charge on any atom is 0.243 e. The molecule has 140 valence electrons. The van der Waals surface area contributed by atoms with Crippen LogP contribution < -0.4 is 10.6 Å². The van der Waals surface area contributed by atoms with Crippen LogP contribution in [0.1, 0.15) is 5.76 Å². The molecule has 7 nitrogen and oxygen atoms in total. The molecule has 1 aromatic heterocycles. The molecule has 1 aromatic carbocycles. The van der Waals surface area contributed by atoms with Crippen LogP contribution in [-0.4, -0.2) is 50.1 Å². The van der Waals surface area contributed by atoms with Gasteiger partial charge in [0.25, 0.3) is 0 Å². The van der Waals surface area contributed by atoms with E-state index in [1.165, 1.54) is 0 Å². The Morgan fingerprint density at radius 2 is 2.00 bits per heavy atom. The van der Waals surface area contributed by atoms with E-state index in [0.717, 1.165) is 10.2 Å². The minimum absolute atomic E-state index is 0.0982. The Labute approximate surface area is 160 Å². The van der Waals surface area contributed by atoms with Gasteiger partial charge in [0.05, 0.1) is 38.2 Å². The smallest absolute Gasteiger partial charge is 0.243 e. The van der Waals surface area contributed by atoms with E-state index in [4.69, 9.17) is 9.15 Å². The van der Waals surface area contributed by atoms with E-state index in [0.29, 0.717) is 25.4 Å². The number of benzene rings is 1. The summed E-state index contributed by atoms with van der Waals surface area (Å²) in [7, 11) is 1.61. The quantitative estimate of drug-likeness (QED) is 0.612.